The van der Waals surface area contributed by atoms with Crippen LogP contribution in [-0.4, -0.2) is 31.3 Å². The van der Waals surface area contributed by atoms with E-state index >= 15 is 0 Å². The van der Waals surface area contributed by atoms with E-state index in [1.54, 1.807) is 0 Å². The Labute approximate surface area is 132 Å². The van der Waals surface area contributed by atoms with E-state index < -0.39 is 0 Å². The Hall–Kier alpha value is -1.91. The fourth-order valence-electron chi connectivity index (χ4n) is 2.58. The third-order valence-electron chi connectivity index (χ3n) is 3.97. The van der Waals surface area contributed by atoms with Crippen molar-refractivity contribution >= 4 is 17.3 Å². The molecule has 0 saturated carbocycles. The SMILES string of the molecule is CCCOC(=O)C(C)N1CC(C(C)C)Oc2cccc(N)c21. The molecule has 1 heterocycles. The van der Waals surface area contributed by atoms with E-state index in [0.29, 0.717) is 24.8 Å². The van der Waals surface area contributed by atoms with Gasteiger partial charge in [0.15, 0.2) is 0 Å². The van der Waals surface area contributed by atoms with Crippen molar-refractivity contribution in [1.29, 1.82) is 0 Å². The van der Waals surface area contributed by atoms with Crippen LogP contribution < -0.4 is 15.4 Å². The number of nitrogen functional groups attached to an aromatic ring is 1. The van der Waals surface area contributed by atoms with Crippen LogP contribution in [0.3, 0.4) is 0 Å². The van der Waals surface area contributed by atoms with Gasteiger partial charge in [-0.05, 0) is 31.4 Å². The van der Waals surface area contributed by atoms with Crippen molar-refractivity contribution in [2.24, 2.45) is 5.92 Å². The molecular formula is C17H26N2O3. The summed E-state index contributed by atoms with van der Waals surface area (Å²) in [5.74, 6) is 0.858. The van der Waals surface area contributed by atoms with E-state index in [-0.39, 0.29) is 18.1 Å². The van der Waals surface area contributed by atoms with Crippen molar-refractivity contribution in [1.82, 2.24) is 0 Å². The molecule has 0 aromatic heterocycles. The number of carbonyl (C=O) groups excluding carboxylic acids is 1. The van der Waals surface area contributed by atoms with E-state index in [9.17, 15) is 4.79 Å². The van der Waals surface area contributed by atoms with Gasteiger partial charge in [0.25, 0.3) is 0 Å². The Morgan fingerprint density at radius 1 is 1.45 bits per heavy atom. The summed E-state index contributed by atoms with van der Waals surface area (Å²) in [6, 6.07) is 5.21. The number of nitrogens with zero attached hydrogens (tertiary/aromatic N) is 1. The molecule has 1 aliphatic rings. The zero-order valence-corrected chi connectivity index (χ0v) is 13.8. The lowest BCUT2D eigenvalue weighted by molar-refractivity contribution is -0.145. The van der Waals surface area contributed by atoms with Crippen molar-refractivity contribution in [3.05, 3.63) is 18.2 Å². The highest BCUT2D eigenvalue weighted by Gasteiger charge is 2.34. The topological polar surface area (TPSA) is 64.8 Å². The zero-order chi connectivity index (χ0) is 16.3. The first-order chi connectivity index (χ1) is 10.5. The number of carbonyl (C=O) groups is 1. The maximum atomic E-state index is 12.3. The molecule has 5 nitrogen and oxygen atoms in total. The van der Waals surface area contributed by atoms with Crippen LogP contribution in [0.5, 0.6) is 5.75 Å². The summed E-state index contributed by atoms with van der Waals surface area (Å²) >= 11 is 0. The van der Waals surface area contributed by atoms with Crippen LogP contribution in [0.25, 0.3) is 0 Å². The van der Waals surface area contributed by atoms with Crippen molar-refractivity contribution in [3.8, 4) is 5.75 Å². The normalized spacial score (nSPS) is 18.6. The van der Waals surface area contributed by atoms with Crippen molar-refractivity contribution in [2.45, 2.75) is 46.3 Å². The van der Waals surface area contributed by atoms with Crippen LogP contribution >= 0.6 is 0 Å². The van der Waals surface area contributed by atoms with Gasteiger partial charge in [0.1, 0.15) is 23.6 Å². The minimum atomic E-state index is -0.389. The third-order valence-corrected chi connectivity index (χ3v) is 3.97. The number of esters is 1. The van der Waals surface area contributed by atoms with Gasteiger partial charge in [-0.3, -0.25) is 0 Å². The molecule has 0 radical (unpaired) electrons. The first kappa shape index (κ1) is 16.5. The Kier molecular flexibility index (Phi) is 5.16. The zero-order valence-electron chi connectivity index (χ0n) is 13.8. The van der Waals surface area contributed by atoms with Gasteiger partial charge in [0, 0.05) is 0 Å². The van der Waals surface area contributed by atoms with Crippen LogP contribution in [0.1, 0.15) is 34.1 Å². The summed E-state index contributed by atoms with van der Waals surface area (Å²) in [6.45, 7) is 9.13. The van der Waals surface area contributed by atoms with E-state index in [4.69, 9.17) is 15.2 Å². The second-order valence-electron chi connectivity index (χ2n) is 6.09. The van der Waals surface area contributed by atoms with Gasteiger partial charge >= 0.3 is 5.97 Å². The summed E-state index contributed by atoms with van der Waals surface area (Å²) in [6.07, 6.45) is 0.838. The molecule has 1 aromatic rings. The van der Waals surface area contributed by atoms with Gasteiger partial charge in [-0.25, -0.2) is 4.79 Å². The molecule has 0 bridgehead atoms. The molecular weight excluding hydrogens is 280 g/mol. The molecule has 0 saturated heterocycles. The molecule has 2 unspecified atom stereocenters. The van der Waals surface area contributed by atoms with E-state index in [2.05, 4.69) is 13.8 Å². The second kappa shape index (κ2) is 6.90. The maximum absolute atomic E-state index is 12.3. The first-order valence-corrected chi connectivity index (χ1v) is 7.94. The Bertz CT molecular complexity index is 531. The van der Waals surface area contributed by atoms with Crippen molar-refractivity contribution in [2.75, 3.05) is 23.8 Å². The number of rotatable bonds is 5. The average molecular weight is 306 g/mol. The lowest BCUT2D eigenvalue weighted by Gasteiger charge is -2.40. The largest absolute Gasteiger partial charge is 0.486 e. The van der Waals surface area contributed by atoms with Crippen molar-refractivity contribution in [3.63, 3.8) is 0 Å². The number of benzene rings is 1. The molecule has 122 valence electrons. The summed E-state index contributed by atoms with van der Waals surface area (Å²) in [5.41, 5.74) is 7.53. The number of hydrogen-bond acceptors (Lipinski definition) is 5. The van der Waals surface area contributed by atoms with Gasteiger partial charge in [0.05, 0.1) is 18.8 Å². The van der Waals surface area contributed by atoms with Crippen LogP contribution in [0.15, 0.2) is 18.2 Å². The first-order valence-electron chi connectivity index (χ1n) is 7.94. The molecule has 2 N–H and O–H groups in total. The van der Waals surface area contributed by atoms with Gasteiger partial charge < -0.3 is 20.1 Å². The fraction of sp³-hybridized carbons (Fsp3) is 0.588. The number of nitrogens with two attached hydrogens (primary N) is 1. The predicted octanol–water partition coefficient (Wildman–Crippen LogP) is 2.83. The maximum Gasteiger partial charge on any atom is 0.328 e. The van der Waals surface area contributed by atoms with E-state index in [0.717, 1.165) is 17.9 Å². The molecule has 2 atom stereocenters. The molecule has 1 aliphatic heterocycles. The van der Waals surface area contributed by atoms with Crippen LogP contribution in [0, 0.1) is 5.92 Å². The lowest BCUT2D eigenvalue weighted by atomic mass is 10.0. The summed E-state index contributed by atoms with van der Waals surface area (Å²) in [4.78, 5) is 14.3. The summed E-state index contributed by atoms with van der Waals surface area (Å²) < 4.78 is 11.3. The molecule has 0 aliphatic carbocycles. The molecule has 5 heteroatoms. The standard InChI is InChI=1S/C17H26N2O3/c1-5-9-21-17(20)12(4)19-10-15(11(2)3)22-14-8-6-7-13(18)16(14)19/h6-8,11-12,15H,5,9-10,18H2,1-4H3. The summed E-state index contributed by atoms with van der Waals surface area (Å²) in [5, 5.41) is 0. The molecule has 1 aromatic carbocycles. The molecule has 22 heavy (non-hydrogen) atoms. The highest BCUT2D eigenvalue weighted by atomic mass is 16.5. The average Bonchev–Trinajstić information content (AvgIpc) is 2.50. The lowest BCUT2D eigenvalue weighted by Crippen LogP contribution is -2.50. The van der Waals surface area contributed by atoms with Gasteiger partial charge in [0.2, 0.25) is 0 Å². The van der Waals surface area contributed by atoms with Crippen molar-refractivity contribution < 1.29 is 14.3 Å². The van der Waals surface area contributed by atoms with Gasteiger partial charge in [-0.15, -0.1) is 0 Å². The Balaban J connectivity index is 2.31. The van der Waals surface area contributed by atoms with E-state index in [1.807, 2.05) is 36.9 Å². The smallest absolute Gasteiger partial charge is 0.328 e. The van der Waals surface area contributed by atoms with Gasteiger partial charge in [-0.1, -0.05) is 26.8 Å². The monoisotopic (exact) mass is 306 g/mol. The van der Waals surface area contributed by atoms with Crippen LogP contribution in [0.4, 0.5) is 11.4 Å². The number of fused-ring (bicyclic) bond motifs is 1. The predicted molar refractivity (Wildman–Crippen MR) is 88.2 cm³/mol. The number of anilines is 2. The second-order valence-corrected chi connectivity index (χ2v) is 6.09. The number of ether oxygens (including phenoxy) is 2. The minimum absolute atomic E-state index is 0.0238. The number of para-hydroxylation sites is 1. The van der Waals surface area contributed by atoms with Crippen LogP contribution in [-0.2, 0) is 9.53 Å². The van der Waals surface area contributed by atoms with Gasteiger partial charge in [-0.2, -0.15) is 0 Å². The minimum Gasteiger partial charge on any atom is -0.486 e. The Morgan fingerprint density at radius 3 is 2.82 bits per heavy atom. The van der Waals surface area contributed by atoms with E-state index in [1.165, 1.54) is 0 Å². The Morgan fingerprint density at radius 2 is 2.18 bits per heavy atom. The highest BCUT2D eigenvalue weighted by molar-refractivity contribution is 5.85. The quantitative estimate of drug-likeness (QED) is 0.669. The van der Waals surface area contributed by atoms with Crippen LogP contribution in [0.2, 0.25) is 0 Å². The molecule has 0 amide bonds. The molecule has 0 fully saturated rings. The number of hydrogen-bond donors (Lipinski definition) is 1. The molecule has 2 rings (SSSR count). The highest BCUT2D eigenvalue weighted by Crippen LogP contribution is 2.40. The fourth-order valence-corrected chi connectivity index (χ4v) is 2.58. The summed E-state index contributed by atoms with van der Waals surface area (Å²) in [7, 11) is 0. The molecule has 0 spiro atoms. The third kappa shape index (κ3) is 3.29.